The van der Waals surface area contributed by atoms with Crippen LogP contribution in [0.5, 0.6) is 0 Å². The summed E-state index contributed by atoms with van der Waals surface area (Å²) < 4.78 is 25.7. The van der Waals surface area contributed by atoms with Gasteiger partial charge in [-0.15, -0.1) is 11.3 Å². The lowest BCUT2D eigenvalue weighted by Gasteiger charge is -2.14. The summed E-state index contributed by atoms with van der Waals surface area (Å²) in [6.45, 7) is 4.96. The first kappa shape index (κ1) is 17.1. The SMILES string of the molecule is CNS(=O)(=O)c1ccc(C(C)NCCc2scnc2C)cc1. The van der Waals surface area contributed by atoms with E-state index in [1.54, 1.807) is 23.5 Å². The highest BCUT2D eigenvalue weighted by Gasteiger charge is 2.12. The molecule has 0 fully saturated rings. The van der Waals surface area contributed by atoms with Crippen LogP contribution in [0.1, 0.15) is 29.1 Å². The second-order valence-corrected chi connectivity index (χ2v) is 7.89. The number of hydrogen-bond donors (Lipinski definition) is 2. The lowest BCUT2D eigenvalue weighted by molar-refractivity contribution is 0.576. The smallest absolute Gasteiger partial charge is 0.240 e. The van der Waals surface area contributed by atoms with Gasteiger partial charge in [-0.2, -0.15) is 0 Å². The topological polar surface area (TPSA) is 71.1 Å². The zero-order valence-corrected chi connectivity index (χ0v) is 14.6. The molecule has 0 aliphatic heterocycles. The van der Waals surface area contributed by atoms with Crippen molar-refractivity contribution in [3.8, 4) is 0 Å². The molecule has 2 N–H and O–H groups in total. The second-order valence-electron chi connectivity index (χ2n) is 5.06. The van der Waals surface area contributed by atoms with Gasteiger partial charge < -0.3 is 5.32 Å². The predicted molar refractivity (Wildman–Crippen MR) is 89.7 cm³/mol. The van der Waals surface area contributed by atoms with Gasteiger partial charge in [0, 0.05) is 17.5 Å². The maximum atomic E-state index is 11.7. The highest BCUT2D eigenvalue weighted by Crippen LogP contribution is 2.17. The molecule has 1 unspecified atom stereocenters. The number of nitrogens with zero attached hydrogens (tertiary/aromatic N) is 1. The van der Waals surface area contributed by atoms with Crippen molar-refractivity contribution in [2.24, 2.45) is 0 Å². The van der Waals surface area contributed by atoms with Crippen molar-refractivity contribution >= 4 is 21.4 Å². The normalized spacial score (nSPS) is 13.2. The summed E-state index contributed by atoms with van der Waals surface area (Å²) in [5.74, 6) is 0. The summed E-state index contributed by atoms with van der Waals surface area (Å²) in [6, 6.07) is 7.12. The monoisotopic (exact) mass is 339 g/mol. The van der Waals surface area contributed by atoms with E-state index in [0.29, 0.717) is 0 Å². The van der Waals surface area contributed by atoms with Gasteiger partial charge >= 0.3 is 0 Å². The van der Waals surface area contributed by atoms with Crippen LogP contribution < -0.4 is 10.0 Å². The van der Waals surface area contributed by atoms with Gasteiger partial charge in [0.2, 0.25) is 10.0 Å². The summed E-state index contributed by atoms with van der Waals surface area (Å²) >= 11 is 1.68. The standard InChI is InChI=1S/C15H21N3O2S2/c1-11(17-9-8-15-12(2)18-10-21-15)13-4-6-14(7-5-13)22(19,20)16-3/h4-7,10-11,16-17H,8-9H2,1-3H3. The van der Waals surface area contributed by atoms with Gasteiger partial charge in [0.1, 0.15) is 0 Å². The number of aromatic nitrogens is 1. The molecule has 22 heavy (non-hydrogen) atoms. The second kappa shape index (κ2) is 7.32. The van der Waals surface area contributed by atoms with Crippen LogP contribution in [-0.2, 0) is 16.4 Å². The van der Waals surface area contributed by atoms with Crippen LogP contribution in [0.2, 0.25) is 0 Å². The largest absolute Gasteiger partial charge is 0.310 e. The summed E-state index contributed by atoms with van der Waals surface area (Å²) in [7, 11) is -1.96. The van der Waals surface area contributed by atoms with Crippen molar-refractivity contribution in [2.75, 3.05) is 13.6 Å². The van der Waals surface area contributed by atoms with Gasteiger partial charge in [-0.25, -0.2) is 18.1 Å². The van der Waals surface area contributed by atoms with Crippen LogP contribution in [0.3, 0.4) is 0 Å². The molecule has 0 amide bonds. The lowest BCUT2D eigenvalue weighted by atomic mass is 10.1. The minimum absolute atomic E-state index is 0.166. The third kappa shape index (κ3) is 4.13. The molecule has 1 aromatic heterocycles. The van der Waals surface area contributed by atoms with E-state index in [-0.39, 0.29) is 10.9 Å². The fourth-order valence-electron chi connectivity index (χ4n) is 2.14. The molecule has 5 nitrogen and oxygen atoms in total. The van der Waals surface area contributed by atoms with Gasteiger partial charge in [-0.05, 0) is 45.0 Å². The zero-order valence-electron chi connectivity index (χ0n) is 13.0. The van der Waals surface area contributed by atoms with Crippen LogP contribution in [0.25, 0.3) is 0 Å². The van der Waals surface area contributed by atoms with Crippen molar-refractivity contribution in [1.29, 1.82) is 0 Å². The number of nitrogens with one attached hydrogen (secondary N) is 2. The van der Waals surface area contributed by atoms with Crippen LogP contribution in [-0.4, -0.2) is 27.0 Å². The fraction of sp³-hybridized carbons (Fsp3) is 0.400. The molecule has 0 saturated heterocycles. The minimum Gasteiger partial charge on any atom is -0.310 e. The molecule has 7 heteroatoms. The third-order valence-corrected chi connectivity index (χ3v) is 6.03. The number of hydrogen-bond acceptors (Lipinski definition) is 5. The van der Waals surface area contributed by atoms with E-state index in [0.717, 1.165) is 24.2 Å². The molecule has 2 rings (SSSR count). The lowest BCUT2D eigenvalue weighted by Crippen LogP contribution is -2.22. The maximum absolute atomic E-state index is 11.7. The Hall–Kier alpha value is -1.28. The Morgan fingerprint density at radius 2 is 1.95 bits per heavy atom. The number of benzene rings is 1. The first-order valence-corrected chi connectivity index (χ1v) is 9.46. The molecule has 2 aromatic rings. The average molecular weight is 339 g/mol. The zero-order chi connectivity index (χ0) is 16.2. The van der Waals surface area contributed by atoms with Gasteiger partial charge in [0.15, 0.2) is 0 Å². The summed E-state index contributed by atoms with van der Waals surface area (Å²) in [6.07, 6.45) is 0.951. The van der Waals surface area contributed by atoms with Crippen molar-refractivity contribution in [3.05, 3.63) is 45.9 Å². The van der Waals surface area contributed by atoms with E-state index in [2.05, 4.69) is 21.9 Å². The Balaban J connectivity index is 1.93. The van der Waals surface area contributed by atoms with E-state index in [1.807, 2.05) is 24.6 Å². The summed E-state index contributed by atoms with van der Waals surface area (Å²) in [5, 5.41) is 3.45. The maximum Gasteiger partial charge on any atom is 0.240 e. The van der Waals surface area contributed by atoms with Gasteiger partial charge in [0.05, 0.1) is 16.1 Å². The van der Waals surface area contributed by atoms with Crippen LogP contribution in [0, 0.1) is 6.92 Å². The summed E-state index contributed by atoms with van der Waals surface area (Å²) in [4.78, 5) is 5.83. The number of thiazole rings is 1. The van der Waals surface area contributed by atoms with Gasteiger partial charge in [-0.1, -0.05) is 12.1 Å². The fourth-order valence-corrected chi connectivity index (χ4v) is 3.65. The Morgan fingerprint density at radius 1 is 1.27 bits per heavy atom. The van der Waals surface area contributed by atoms with E-state index >= 15 is 0 Å². The first-order chi connectivity index (χ1) is 10.4. The first-order valence-electron chi connectivity index (χ1n) is 7.10. The molecular weight excluding hydrogens is 318 g/mol. The van der Waals surface area contributed by atoms with Crippen molar-refractivity contribution in [1.82, 2.24) is 15.0 Å². The Labute approximate surface area is 135 Å². The van der Waals surface area contributed by atoms with Crippen LogP contribution in [0.15, 0.2) is 34.7 Å². The molecule has 1 aromatic carbocycles. The average Bonchev–Trinajstić information content (AvgIpc) is 2.92. The van der Waals surface area contributed by atoms with Gasteiger partial charge in [-0.3, -0.25) is 0 Å². The molecule has 0 bridgehead atoms. The summed E-state index contributed by atoms with van der Waals surface area (Å²) in [5.41, 5.74) is 4.03. The predicted octanol–water partition coefficient (Wildman–Crippen LogP) is 2.25. The molecule has 1 heterocycles. The Kier molecular flexibility index (Phi) is 5.69. The number of rotatable bonds is 7. The van der Waals surface area contributed by atoms with E-state index < -0.39 is 10.0 Å². The molecule has 0 radical (unpaired) electrons. The molecule has 120 valence electrons. The highest BCUT2D eigenvalue weighted by molar-refractivity contribution is 7.89. The Morgan fingerprint density at radius 3 is 2.50 bits per heavy atom. The minimum atomic E-state index is -3.37. The molecule has 0 spiro atoms. The van der Waals surface area contributed by atoms with E-state index in [4.69, 9.17) is 0 Å². The number of sulfonamides is 1. The highest BCUT2D eigenvalue weighted by atomic mass is 32.2. The van der Waals surface area contributed by atoms with Crippen molar-refractivity contribution in [2.45, 2.75) is 31.2 Å². The van der Waals surface area contributed by atoms with E-state index in [9.17, 15) is 8.42 Å². The molecule has 0 aliphatic carbocycles. The molecule has 0 aliphatic rings. The van der Waals surface area contributed by atoms with Crippen molar-refractivity contribution in [3.63, 3.8) is 0 Å². The quantitative estimate of drug-likeness (QED) is 0.812. The molecular formula is C15H21N3O2S2. The molecule has 0 saturated carbocycles. The van der Waals surface area contributed by atoms with Gasteiger partial charge in [0.25, 0.3) is 0 Å². The van der Waals surface area contributed by atoms with Crippen LogP contribution >= 0.6 is 11.3 Å². The molecule has 1 atom stereocenters. The Bertz CT molecular complexity index is 709. The van der Waals surface area contributed by atoms with Crippen LogP contribution in [0.4, 0.5) is 0 Å². The van der Waals surface area contributed by atoms with E-state index in [1.165, 1.54) is 11.9 Å². The van der Waals surface area contributed by atoms with Crippen molar-refractivity contribution < 1.29 is 8.42 Å². The third-order valence-electron chi connectivity index (χ3n) is 3.61. The number of aryl methyl sites for hydroxylation is 1.